The summed E-state index contributed by atoms with van der Waals surface area (Å²) >= 11 is 1.03. The van der Waals surface area contributed by atoms with Crippen LogP contribution in [0.5, 0.6) is 0 Å². The molecule has 3 aromatic rings. The van der Waals surface area contributed by atoms with Gasteiger partial charge in [0, 0.05) is 38.8 Å². The molecule has 4 rings (SSSR count). The number of hydrogen-bond acceptors (Lipinski definition) is 8. The number of nitrogen functional groups attached to an aromatic ring is 1. The SMILES string of the molecule is [2H]C([2H])([2H])OC1CCN(c2c(NC(=O)c3nc(-c4ccccc4F)sc3N)cnn2C)CCC1N. The minimum atomic E-state index is -2.53. The molecule has 1 amide bonds. The fourth-order valence-corrected chi connectivity index (χ4v) is 4.63. The summed E-state index contributed by atoms with van der Waals surface area (Å²) in [6, 6.07) is 5.69. The standard InChI is InChI=1S/C21H26FN7O2S/c1-28-21(29-9-7-14(23)16(31-2)8-10-29)15(11-25-28)26-19(30)17-18(24)32-20(27-17)12-5-3-4-6-13(12)22/h3-6,11,14,16H,7-10,23-24H2,1-2H3,(H,26,30)/i2D3. The fourth-order valence-electron chi connectivity index (χ4n) is 3.78. The Morgan fingerprint density at radius 2 is 2.16 bits per heavy atom. The van der Waals surface area contributed by atoms with Crippen LogP contribution in [0.3, 0.4) is 0 Å². The van der Waals surface area contributed by atoms with Crippen LogP contribution in [0, 0.1) is 5.82 Å². The maximum absolute atomic E-state index is 14.2. The maximum Gasteiger partial charge on any atom is 0.277 e. The molecule has 0 radical (unpaired) electrons. The van der Waals surface area contributed by atoms with Crippen LogP contribution < -0.4 is 21.7 Å². The number of amides is 1. The lowest BCUT2D eigenvalue weighted by atomic mass is 10.1. The number of aromatic nitrogens is 3. The van der Waals surface area contributed by atoms with Gasteiger partial charge in [-0.15, -0.1) is 0 Å². The first-order chi connectivity index (χ1) is 16.5. The van der Waals surface area contributed by atoms with Crippen molar-refractivity contribution in [2.24, 2.45) is 12.8 Å². The maximum atomic E-state index is 14.2. The zero-order valence-corrected chi connectivity index (χ0v) is 18.2. The van der Waals surface area contributed by atoms with E-state index in [1.54, 1.807) is 29.9 Å². The summed E-state index contributed by atoms with van der Waals surface area (Å²) < 4.78 is 43.1. The summed E-state index contributed by atoms with van der Waals surface area (Å²) in [6.07, 6.45) is 1.77. The molecular weight excluding hydrogens is 433 g/mol. The number of carbonyl (C=O) groups excluding carboxylic acids is 1. The number of aryl methyl sites for hydroxylation is 1. The third-order valence-corrected chi connectivity index (χ3v) is 6.39. The van der Waals surface area contributed by atoms with Gasteiger partial charge in [-0.2, -0.15) is 5.10 Å². The first-order valence-corrected chi connectivity index (χ1v) is 10.9. The highest BCUT2D eigenvalue weighted by Crippen LogP contribution is 2.33. The van der Waals surface area contributed by atoms with Gasteiger partial charge < -0.3 is 26.4 Å². The number of nitrogens with one attached hydrogen (secondary N) is 1. The number of halogens is 1. The molecule has 0 aliphatic carbocycles. The molecule has 2 aromatic heterocycles. The van der Waals surface area contributed by atoms with Crippen molar-refractivity contribution in [3.05, 3.63) is 42.0 Å². The van der Waals surface area contributed by atoms with Gasteiger partial charge in [0.1, 0.15) is 21.5 Å². The quantitative estimate of drug-likeness (QED) is 0.532. The molecule has 3 heterocycles. The number of carbonyl (C=O) groups is 1. The fraction of sp³-hybridized carbons (Fsp3) is 0.381. The van der Waals surface area contributed by atoms with E-state index < -0.39 is 30.9 Å². The highest BCUT2D eigenvalue weighted by Gasteiger charge is 2.27. The number of ether oxygens (including phenoxy) is 1. The molecule has 5 N–H and O–H groups in total. The summed E-state index contributed by atoms with van der Waals surface area (Å²) in [4.78, 5) is 19.3. The van der Waals surface area contributed by atoms with Crippen molar-refractivity contribution in [2.45, 2.75) is 25.0 Å². The Hall–Kier alpha value is -3.02. The van der Waals surface area contributed by atoms with E-state index in [9.17, 15) is 9.18 Å². The summed E-state index contributed by atoms with van der Waals surface area (Å²) in [5, 5.41) is 7.53. The molecule has 1 saturated heterocycles. The van der Waals surface area contributed by atoms with Crippen molar-refractivity contribution in [3.63, 3.8) is 0 Å². The van der Waals surface area contributed by atoms with Crippen LogP contribution >= 0.6 is 11.3 Å². The van der Waals surface area contributed by atoms with Gasteiger partial charge >= 0.3 is 0 Å². The van der Waals surface area contributed by atoms with Crippen LogP contribution in [0.4, 0.5) is 20.9 Å². The molecule has 0 bridgehead atoms. The molecule has 11 heteroatoms. The zero-order chi connectivity index (χ0) is 25.3. The number of nitrogens with two attached hydrogens (primary N) is 2. The van der Waals surface area contributed by atoms with Gasteiger partial charge in [0.15, 0.2) is 11.5 Å². The van der Waals surface area contributed by atoms with E-state index in [4.69, 9.17) is 20.3 Å². The van der Waals surface area contributed by atoms with E-state index >= 15 is 0 Å². The molecule has 0 saturated carbocycles. The molecule has 2 atom stereocenters. The Kier molecular flexibility index (Phi) is 5.35. The molecule has 0 spiro atoms. The lowest BCUT2D eigenvalue weighted by Crippen LogP contribution is -2.35. The van der Waals surface area contributed by atoms with E-state index in [0.717, 1.165) is 11.3 Å². The monoisotopic (exact) mass is 462 g/mol. The van der Waals surface area contributed by atoms with Crippen LogP contribution in [0.15, 0.2) is 30.5 Å². The number of nitrogens with zero attached hydrogens (tertiary/aromatic N) is 4. The van der Waals surface area contributed by atoms with Gasteiger partial charge in [0.2, 0.25) is 0 Å². The number of thiazole rings is 1. The van der Waals surface area contributed by atoms with Gasteiger partial charge in [-0.1, -0.05) is 23.5 Å². The van der Waals surface area contributed by atoms with Crippen LogP contribution in [-0.4, -0.2) is 52.9 Å². The summed E-state index contributed by atoms with van der Waals surface area (Å²) in [5.74, 6) is -0.378. The topological polar surface area (TPSA) is 124 Å². The smallest absolute Gasteiger partial charge is 0.277 e. The Morgan fingerprint density at radius 1 is 1.38 bits per heavy atom. The third-order valence-electron chi connectivity index (χ3n) is 5.47. The average Bonchev–Trinajstić information content (AvgIpc) is 3.29. The Morgan fingerprint density at radius 3 is 2.94 bits per heavy atom. The second-order valence-electron chi connectivity index (χ2n) is 7.56. The molecule has 1 aliphatic rings. The molecule has 9 nitrogen and oxygen atoms in total. The summed E-state index contributed by atoms with van der Waals surface area (Å²) in [7, 11) is -0.794. The highest BCUT2D eigenvalue weighted by atomic mass is 32.1. The lowest BCUT2D eigenvalue weighted by molar-refractivity contribution is 0.0781. The van der Waals surface area contributed by atoms with Crippen LogP contribution in [0.2, 0.25) is 0 Å². The van der Waals surface area contributed by atoms with Crippen molar-refractivity contribution in [3.8, 4) is 10.6 Å². The Balaban J connectivity index is 1.53. The zero-order valence-electron chi connectivity index (χ0n) is 20.4. The number of hydrogen-bond donors (Lipinski definition) is 3. The lowest BCUT2D eigenvalue weighted by Gasteiger charge is -2.24. The van der Waals surface area contributed by atoms with Crippen LogP contribution in [-0.2, 0) is 11.8 Å². The van der Waals surface area contributed by atoms with E-state index in [1.807, 2.05) is 4.90 Å². The first-order valence-electron chi connectivity index (χ1n) is 11.6. The second-order valence-corrected chi connectivity index (χ2v) is 8.59. The average molecular weight is 463 g/mol. The molecular formula is C21H26FN7O2S. The Bertz CT molecular complexity index is 1220. The molecule has 32 heavy (non-hydrogen) atoms. The summed E-state index contributed by atoms with van der Waals surface area (Å²) in [5.41, 5.74) is 12.9. The summed E-state index contributed by atoms with van der Waals surface area (Å²) in [6.45, 7) is 0.966. The molecule has 1 aromatic carbocycles. The second kappa shape index (κ2) is 9.23. The predicted octanol–water partition coefficient (Wildman–Crippen LogP) is 2.46. The van der Waals surface area contributed by atoms with Gasteiger partial charge in [0.25, 0.3) is 5.91 Å². The number of rotatable bonds is 5. The van der Waals surface area contributed by atoms with E-state index in [-0.39, 0.29) is 16.3 Å². The number of methoxy groups -OCH3 is 1. The van der Waals surface area contributed by atoms with Crippen molar-refractivity contribution in [1.29, 1.82) is 0 Å². The first kappa shape index (κ1) is 18.5. The highest BCUT2D eigenvalue weighted by molar-refractivity contribution is 7.19. The van der Waals surface area contributed by atoms with Gasteiger partial charge in [-0.25, -0.2) is 9.37 Å². The Labute approximate surface area is 193 Å². The van der Waals surface area contributed by atoms with Crippen molar-refractivity contribution in [1.82, 2.24) is 14.8 Å². The molecule has 1 aliphatic heterocycles. The predicted molar refractivity (Wildman–Crippen MR) is 123 cm³/mol. The molecule has 1 fully saturated rings. The van der Waals surface area contributed by atoms with Gasteiger partial charge in [0.05, 0.1) is 16.4 Å². The van der Waals surface area contributed by atoms with E-state index in [1.165, 1.54) is 12.3 Å². The van der Waals surface area contributed by atoms with Crippen molar-refractivity contribution in [2.75, 3.05) is 36.1 Å². The van der Waals surface area contributed by atoms with E-state index in [2.05, 4.69) is 15.4 Å². The minimum absolute atomic E-state index is 0.00733. The van der Waals surface area contributed by atoms with Crippen LogP contribution in [0.25, 0.3) is 10.6 Å². The van der Waals surface area contributed by atoms with Gasteiger partial charge in [-0.05, 0) is 25.0 Å². The van der Waals surface area contributed by atoms with Crippen molar-refractivity contribution < 1.29 is 18.0 Å². The van der Waals surface area contributed by atoms with E-state index in [0.29, 0.717) is 42.4 Å². The molecule has 170 valence electrons. The van der Waals surface area contributed by atoms with Gasteiger partial charge in [-0.3, -0.25) is 9.48 Å². The number of anilines is 3. The molecule has 2 unspecified atom stereocenters. The van der Waals surface area contributed by atoms with Crippen molar-refractivity contribution >= 4 is 33.8 Å². The largest absolute Gasteiger partial charge is 0.389 e. The number of benzene rings is 1. The van der Waals surface area contributed by atoms with Crippen LogP contribution in [0.1, 0.15) is 27.4 Å². The normalized spacial score (nSPS) is 20.8. The third kappa shape index (κ3) is 4.31. The minimum Gasteiger partial charge on any atom is -0.389 e.